The molecule has 34 heavy (non-hydrogen) atoms. The van der Waals surface area contributed by atoms with E-state index in [0.717, 1.165) is 6.42 Å². The van der Waals surface area contributed by atoms with Crippen LogP contribution in [0.1, 0.15) is 42.6 Å². The molecule has 0 bridgehead atoms. The number of fused-ring (bicyclic) bond motifs is 1. The van der Waals surface area contributed by atoms with E-state index in [1.165, 1.54) is 7.11 Å². The Morgan fingerprint density at radius 3 is 2.62 bits per heavy atom. The van der Waals surface area contributed by atoms with Crippen molar-refractivity contribution < 1.29 is 28.2 Å². The van der Waals surface area contributed by atoms with Crippen molar-refractivity contribution >= 4 is 22.6 Å². The third-order valence-corrected chi connectivity index (χ3v) is 6.10. The average molecular weight is 468 g/mol. The van der Waals surface area contributed by atoms with Gasteiger partial charge in [-0.05, 0) is 63.6 Å². The van der Waals surface area contributed by atoms with Gasteiger partial charge in [0.05, 0.1) is 18.8 Å². The summed E-state index contributed by atoms with van der Waals surface area (Å²) in [4.78, 5) is 25.3. The lowest BCUT2D eigenvalue weighted by Gasteiger charge is -2.41. The Hall–Kier alpha value is -3.36. The normalized spacial score (nSPS) is 19.6. The van der Waals surface area contributed by atoms with Crippen LogP contribution in [0.25, 0.3) is 11.0 Å². The third kappa shape index (κ3) is 4.78. The Labute approximate surface area is 197 Å². The Kier molecular flexibility index (Phi) is 6.63. The molecule has 0 spiro atoms. The Bertz CT molecular complexity index is 1260. The first-order valence-electron chi connectivity index (χ1n) is 11.1. The number of methoxy groups -OCH3 is 2. The average Bonchev–Trinajstić information content (AvgIpc) is 2.81. The lowest BCUT2D eigenvalue weighted by atomic mass is 9.94. The number of nitrogens with one attached hydrogen (secondary N) is 1. The highest BCUT2D eigenvalue weighted by Crippen LogP contribution is 2.34. The van der Waals surface area contributed by atoms with E-state index in [2.05, 4.69) is 5.32 Å². The van der Waals surface area contributed by atoms with Gasteiger partial charge < -0.3 is 28.7 Å². The molecule has 1 amide bonds. The summed E-state index contributed by atoms with van der Waals surface area (Å²) in [5.74, 6) is 0.679. The van der Waals surface area contributed by atoms with Gasteiger partial charge in [0.2, 0.25) is 6.29 Å². The van der Waals surface area contributed by atoms with Crippen molar-refractivity contribution in [1.82, 2.24) is 0 Å². The summed E-state index contributed by atoms with van der Waals surface area (Å²) in [6.45, 7) is 5.77. The molecular weight excluding hydrogens is 438 g/mol. The van der Waals surface area contributed by atoms with Crippen molar-refractivity contribution in [3.05, 3.63) is 64.0 Å². The van der Waals surface area contributed by atoms with Gasteiger partial charge in [-0.3, -0.25) is 4.79 Å². The SMILES string of the molecule is COc1cccc(C(=O)Nc2cc3ccc(OC4CCC(OC)C(C)(C)O4)c(C)c3oc2=O)c1. The van der Waals surface area contributed by atoms with Crippen LogP contribution in [0, 0.1) is 6.92 Å². The standard InChI is InChI=1S/C26H29NO7/c1-15-20(32-22-12-11-21(31-5)26(2,3)34-22)10-9-16-14-19(25(29)33-23(15)16)27-24(28)17-7-6-8-18(13-17)30-4/h6-10,13-14,21-22H,11-12H2,1-5H3,(H,27,28). The van der Waals surface area contributed by atoms with Crippen LogP contribution in [0.2, 0.25) is 0 Å². The van der Waals surface area contributed by atoms with Crippen LogP contribution >= 0.6 is 0 Å². The predicted octanol–water partition coefficient (Wildman–Crippen LogP) is 4.67. The van der Waals surface area contributed by atoms with Crippen LogP contribution < -0.4 is 20.4 Å². The maximum Gasteiger partial charge on any atom is 0.360 e. The predicted molar refractivity (Wildman–Crippen MR) is 128 cm³/mol. The first-order chi connectivity index (χ1) is 16.2. The molecule has 1 N–H and O–H groups in total. The van der Waals surface area contributed by atoms with Gasteiger partial charge in [0, 0.05) is 30.0 Å². The number of carbonyl (C=O) groups excluding carboxylic acids is 1. The van der Waals surface area contributed by atoms with Crippen LogP contribution in [0.5, 0.6) is 11.5 Å². The molecule has 4 rings (SSSR count). The van der Waals surface area contributed by atoms with Crippen LogP contribution in [0.4, 0.5) is 5.69 Å². The summed E-state index contributed by atoms with van der Waals surface area (Å²) in [7, 11) is 3.20. The highest BCUT2D eigenvalue weighted by Gasteiger charge is 2.39. The number of aryl methyl sites for hydroxylation is 1. The summed E-state index contributed by atoms with van der Waals surface area (Å²) in [6.07, 6.45) is 1.05. The zero-order valence-corrected chi connectivity index (χ0v) is 20.0. The first-order valence-corrected chi connectivity index (χ1v) is 11.1. The molecule has 1 fully saturated rings. The van der Waals surface area contributed by atoms with Crippen molar-refractivity contribution in [3.63, 3.8) is 0 Å². The minimum atomic E-state index is -0.651. The van der Waals surface area contributed by atoms with Crippen LogP contribution in [0.15, 0.2) is 51.7 Å². The molecule has 2 unspecified atom stereocenters. The summed E-state index contributed by atoms with van der Waals surface area (Å²) in [6, 6.07) is 11.9. The number of amides is 1. The number of benzene rings is 2. The molecule has 180 valence electrons. The molecule has 1 aromatic heterocycles. The van der Waals surface area contributed by atoms with Gasteiger partial charge in [0.25, 0.3) is 5.91 Å². The highest BCUT2D eigenvalue weighted by molar-refractivity contribution is 6.05. The van der Waals surface area contributed by atoms with E-state index in [-0.39, 0.29) is 11.8 Å². The molecule has 0 saturated carbocycles. The molecule has 2 atom stereocenters. The highest BCUT2D eigenvalue weighted by atomic mass is 16.7. The van der Waals surface area contributed by atoms with Crippen molar-refractivity contribution in [3.8, 4) is 11.5 Å². The fourth-order valence-electron chi connectivity index (χ4n) is 4.21. The monoisotopic (exact) mass is 467 g/mol. The number of hydrogen-bond acceptors (Lipinski definition) is 7. The number of hydrogen-bond donors (Lipinski definition) is 1. The summed E-state index contributed by atoms with van der Waals surface area (Å²) in [5, 5.41) is 3.29. The minimum absolute atomic E-state index is 0.00586. The van der Waals surface area contributed by atoms with Crippen LogP contribution in [-0.4, -0.2) is 38.1 Å². The Balaban J connectivity index is 1.55. The second kappa shape index (κ2) is 9.48. The fourth-order valence-corrected chi connectivity index (χ4v) is 4.21. The molecule has 0 radical (unpaired) electrons. The number of ether oxygens (including phenoxy) is 4. The Morgan fingerprint density at radius 1 is 1.12 bits per heavy atom. The second-order valence-corrected chi connectivity index (χ2v) is 8.81. The van der Waals surface area contributed by atoms with Crippen LogP contribution in [-0.2, 0) is 9.47 Å². The van der Waals surface area contributed by atoms with Crippen molar-refractivity contribution in [2.75, 3.05) is 19.5 Å². The second-order valence-electron chi connectivity index (χ2n) is 8.81. The molecule has 0 aliphatic carbocycles. The minimum Gasteiger partial charge on any atom is -0.497 e. The van der Waals surface area contributed by atoms with Gasteiger partial charge in [-0.2, -0.15) is 0 Å². The van der Waals surface area contributed by atoms with Gasteiger partial charge in [-0.15, -0.1) is 0 Å². The molecule has 1 aliphatic heterocycles. The third-order valence-electron chi connectivity index (χ3n) is 6.10. The topological polar surface area (TPSA) is 96.2 Å². The van der Waals surface area contributed by atoms with E-state index in [4.69, 9.17) is 23.4 Å². The summed E-state index contributed by atoms with van der Waals surface area (Å²) in [5.41, 5.74) is 0.357. The zero-order valence-electron chi connectivity index (χ0n) is 20.0. The van der Waals surface area contributed by atoms with Gasteiger partial charge in [-0.1, -0.05) is 6.07 Å². The van der Waals surface area contributed by atoms with Crippen molar-refractivity contribution in [1.29, 1.82) is 0 Å². The van der Waals surface area contributed by atoms with Gasteiger partial charge in [0.15, 0.2) is 0 Å². The molecule has 1 saturated heterocycles. The molecule has 2 aromatic carbocycles. The van der Waals surface area contributed by atoms with E-state index in [9.17, 15) is 9.59 Å². The number of anilines is 1. The maximum absolute atomic E-state index is 12.6. The van der Waals surface area contributed by atoms with E-state index in [1.54, 1.807) is 43.5 Å². The molecule has 1 aliphatic rings. The van der Waals surface area contributed by atoms with E-state index in [1.807, 2.05) is 26.8 Å². The van der Waals surface area contributed by atoms with Gasteiger partial charge in [0.1, 0.15) is 22.8 Å². The molecule has 3 aromatic rings. The lowest BCUT2D eigenvalue weighted by molar-refractivity contribution is -0.233. The quantitative estimate of drug-likeness (QED) is 0.526. The zero-order chi connectivity index (χ0) is 24.5. The van der Waals surface area contributed by atoms with E-state index >= 15 is 0 Å². The van der Waals surface area contributed by atoms with Crippen molar-refractivity contribution in [2.45, 2.75) is 51.6 Å². The van der Waals surface area contributed by atoms with Gasteiger partial charge >= 0.3 is 5.63 Å². The van der Waals surface area contributed by atoms with Crippen molar-refractivity contribution in [2.24, 2.45) is 0 Å². The number of carbonyl (C=O) groups is 1. The molecule has 2 heterocycles. The summed E-state index contributed by atoms with van der Waals surface area (Å²) >= 11 is 0. The molecular formula is C26H29NO7. The number of rotatable bonds is 6. The van der Waals surface area contributed by atoms with Gasteiger partial charge in [-0.25, -0.2) is 4.79 Å². The maximum atomic E-state index is 12.6. The summed E-state index contributed by atoms with van der Waals surface area (Å²) < 4.78 is 28.4. The van der Waals surface area contributed by atoms with E-state index in [0.29, 0.717) is 40.0 Å². The largest absolute Gasteiger partial charge is 0.497 e. The molecule has 8 heteroatoms. The lowest BCUT2D eigenvalue weighted by Crippen LogP contribution is -2.49. The van der Waals surface area contributed by atoms with E-state index < -0.39 is 23.4 Å². The molecule has 8 nitrogen and oxygen atoms in total. The van der Waals surface area contributed by atoms with Crippen LogP contribution in [0.3, 0.4) is 0 Å². The fraction of sp³-hybridized carbons (Fsp3) is 0.385. The Morgan fingerprint density at radius 2 is 1.91 bits per heavy atom. The smallest absolute Gasteiger partial charge is 0.360 e. The first kappa shape index (κ1) is 23.8.